The van der Waals surface area contributed by atoms with Crippen molar-refractivity contribution in [3.8, 4) is 0 Å². The molecule has 2 amide bonds. The summed E-state index contributed by atoms with van der Waals surface area (Å²) in [4.78, 5) is 30.2. The number of likely N-dealkylation sites (tertiary alicyclic amines) is 1. The summed E-state index contributed by atoms with van der Waals surface area (Å²) in [7, 11) is 0. The van der Waals surface area contributed by atoms with E-state index in [1.54, 1.807) is 18.7 Å². The summed E-state index contributed by atoms with van der Waals surface area (Å²) in [6.45, 7) is 4.36. The molecule has 0 aromatic carbocycles. The minimum absolute atomic E-state index is 0.0565. The molecule has 2 aromatic rings. The lowest BCUT2D eigenvalue weighted by molar-refractivity contribution is -0.137. The van der Waals surface area contributed by atoms with Gasteiger partial charge in [0.15, 0.2) is 0 Å². The lowest BCUT2D eigenvalue weighted by Gasteiger charge is -2.21. The second kappa shape index (κ2) is 8.22. The van der Waals surface area contributed by atoms with Crippen LogP contribution in [-0.4, -0.2) is 39.4 Å². The molecular weight excluding hydrogens is 389 g/mol. The average molecular weight is 410 g/mol. The Kier molecular flexibility index (Phi) is 5.90. The number of hydrogen-bond donors (Lipinski definition) is 1. The molecule has 2 aromatic heterocycles. The predicted molar refractivity (Wildman–Crippen MR) is 95.7 cm³/mol. The highest BCUT2D eigenvalue weighted by Crippen LogP contribution is 2.29. The van der Waals surface area contributed by atoms with Gasteiger partial charge in [0.05, 0.1) is 17.8 Å². The molecule has 1 aliphatic heterocycles. The van der Waals surface area contributed by atoms with E-state index >= 15 is 0 Å². The van der Waals surface area contributed by atoms with Gasteiger partial charge in [-0.1, -0.05) is 5.16 Å². The first-order chi connectivity index (χ1) is 13.6. The first kappa shape index (κ1) is 20.8. The third-order valence-corrected chi connectivity index (χ3v) is 4.99. The van der Waals surface area contributed by atoms with Gasteiger partial charge >= 0.3 is 6.18 Å². The third kappa shape index (κ3) is 4.93. The normalized spacial score (nSPS) is 17.9. The predicted octanol–water partition coefficient (Wildman–Crippen LogP) is 3.02. The maximum Gasteiger partial charge on any atom is 0.416 e. The number of aromatic nitrogens is 2. The molecule has 0 aliphatic carbocycles. The number of amides is 2. The number of rotatable bonds is 4. The first-order valence-corrected chi connectivity index (χ1v) is 9.19. The van der Waals surface area contributed by atoms with Crippen molar-refractivity contribution in [2.45, 2.75) is 51.9 Å². The fourth-order valence-electron chi connectivity index (χ4n) is 3.26. The van der Waals surface area contributed by atoms with E-state index in [0.717, 1.165) is 29.6 Å². The molecule has 156 valence electrons. The molecule has 1 fully saturated rings. The molecule has 10 heteroatoms. The van der Waals surface area contributed by atoms with Gasteiger partial charge in [0.1, 0.15) is 11.5 Å². The highest BCUT2D eigenvalue weighted by molar-refractivity contribution is 5.92. The zero-order valence-electron chi connectivity index (χ0n) is 16.0. The molecule has 1 aliphatic rings. The summed E-state index contributed by atoms with van der Waals surface area (Å²) in [5, 5.41) is 6.58. The largest absolute Gasteiger partial charge is 0.416 e. The van der Waals surface area contributed by atoms with Crippen LogP contribution in [0.15, 0.2) is 22.9 Å². The number of halogens is 3. The SMILES string of the molecule is Cc1noc(C)c1CN1CCC(NC(=O)c2cc(C(F)(F)F)ccn2)CCC1=O. The molecule has 0 saturated carbocycles. The number of nitrogens with zero attached hydrogens (tertiary/aromatic N) is 3. The van der Waals surface area contributed by atoms with Crippen molar-refractivity contribution < 1.29 is 27.3 Å². The van der Waals surface area contributed by atoms with E-state index in [4.69, 9.17) is 4.52 Å². The highest BCUT2D eigenvalue weighted by atomic mass is 19.4. The third-order valence-electron chi connectivity index (χ3n) is 4.99. The molecule has 29 heavy (non-hydrogen) atoms. The van der Waals surface area contributed by atoms with Crippen LogP contribution in [0.3, 0.4) is 0 Å². The topological polar surface area (TPSA) is 88.3 Å². The Hall–Kier alpha value is -2.91. The number of alkyl halides is 3. The quantitative estimate of drug-likeness (QED) is 0.837. The van der Waals surface area contributed by atoms with Crippen molar-refractivity contribution in [1.82, 2.24) is 20.4 Å². The van der Waals surface area contributed by atoms with E-state index in [9.17, 15) is 22.8 Å². The molecule has 1 unspecified atom stereocenters. The fourth-order valence-corrected chi connectivity index (χ4v) is 3.26. The fraction of sp³-hybridized carbons (Fsp3) is 0.474. The summed E-state index contributed by atoms with van der Waals surface area (Å²) in [5.74, 6) is -0.0910. The van der Waals surface area contributed by atoms with E-state index in [2.05, 4.69) is 15.5 Å². The number of hydrogen-bond acceptors (Lipinski definition) is 5. The van der Waals surface area contributed by atoms with Gasteiger partial charge in [-0.2, -0.15) is 13.2 Å². The Morgan fingerprint density at radius 2 is 2.10 bits per heavy atom. The van der Waals surface area contributed by atoms with Crippen LogP contribution in [0.2, 0.25) is 0 Å². The van der Waals surface area contributed by atoms with Gasteiger partial charge < -0.3 is 14.7 Å². The molecular formula is C19H21F3N4O3. The summed E-state index contributed by atoms with van der Waals surface area (Å²) < 4.78 is 43.6. The molecule has 0 bridgehead atoms. The van der Waals surface area contributed by atoms with Crippen LogP contribution in [0.5, 0.6) is 0 Å². The van der Waals surface area contributed by atoms with Crippen molar-refractivity contribution >= 4 is 11.8 Å². The van der Waals surface area contributed by atoms with Crippen LogP contribution in [0, 0.1) is 13.8 Å². The van der Waals surface area contributed by atoms with Crippen LogP contribution in [-0.2, 0) is 17.5 Å². The van der Waals surface area contributed by atoms with Gasteiger partial charge in [-0.3, -0.25) is 14.6 Å². The van der Waals surface area contributed by atoms with E-state index in [1.807, 2.05) is 0 Å². The van der Waals surface area contributed by atoms with Crippen molar-refractivity contribution in [3.05, 3.63) is 46.6 Å². The number of carbonyl (C=O) groups excluding carboxylic acids is 2. The molecule has 3 heterocycles. The van der Waals surface area contributed by atoms with Crippen LogP contribution < -0.4 is 5.32 Å². The van der Waals surface area contributed by atoms with E-state index < -0.39 is 17.6 Å². The lowest BCUT2D eigenvalue weighted by atomic mass is 10.1. The molecule has 0 radical (unpaired) electrons. The Labute approximate surface area is 165 Å². The molecule has 0 spiro atoms. The Balaban J connectivity index is 1.63. The number of carbonyl (C=O) groups is 2. The van der Waals surface area contributed by atoms with Crippen molar-refractivity contribution in [3.63, 3.8) is 0 Å². The van der Waals surface area contributed by atoms with Crippen LogP contribution in [0.1, 0.15) is 52.3 Å². The van der Waals surface area contributed by atoms with E-state index in [0.29, 0.717) is 31.7 Å². The zero-order valence-corrected chi connectivity index (χ0v) is 16.0. The van der Waals surface area contributed by atoms with E-state index in [1.165, 1.54) is 0 Å². The van der Waals surface area contributed by atoms with Gasteiger partial charge in [-0.15, -0.1) is 0 Å². The Morgan fingerprint density at radius 3 is 2.76 bits per heavy atom. The smallest absolute Gasteiger partial charge is 0.361 e. The first-order valence-electron chi connectivity index (χ1n) is 9.19. The van der Waals surface area contributed by atoms with Gasteiger partial charge in [-0.05, 0) is 38.8 Å². The van der Waals surface area contributed by atoms with Crippen LogP contribution >= 0.6 is 0 Å². The van der Waals surface area contributed by atoms with Crippen molar-refractivity contribution in [2.24, 2.45) is 0 Å². The average Bonchev–Trinajstić information content (AvgIpc) is 2.88. The standard InChI is InChI=1S/C19H21F3N4O3/c1-11-15(12(2)29-25-11)10-26-8-6-14(3-4-17(26)27)24-18(28)16-9-13(5-7-23-16)19(20,21)22/h5,7,9,14H,3-4,6,8,10H2,1-2H3,(H,24,28). The summed E-state index contributed by atoms with van der Waals surface area (Å²) >= 11 is 0. The van der Waals surface area contributed by atoms with Crippen molar-refractivity contribution in [2.75, 3.05) is 6.54 Å². The second-order valence-electron chi connectivity index (χ2n) is 7.04. The zero-order chi connectivity index (χ0) is 21.2. The summed E-state index contributed by atoms with van der Waals surface area (Å²) in [6.07, 6.45) is -2.48. The van der Waals surface area contributed by atoms with Crippen molar-refractivity contribution in [1.29, 1.82) is 0 Å². The van der Waals surface area contributed by atoms with E-state index in [-0.39, 0.29) is 24.1 Å². The molecule has 1 atom stereocenters. The molecule has 1 N–H and O–H groups in total. The minimum atomic E-state index is -4.55. The van der Waals surface area contributed by atoms with Crippen LogP contribution in [0.25, 0.3) is 0 Å². The molecule has 3 rings (SSSR count). The van der Waals surface area contributed by atoms with Gasteiger partial charge in [0, 0.05) is 30.8 Å². The Morgan fingerprint density at radius 1 is 1.34 bits per heavy atom. The molecule has 1 saturated heterocycles. The lowest BCUT2D eigenvalue weighted by Crippen LogP contribution is -2.36. The number of nitrogens with one attached hydrogen (secondary N) is 1. The van der Waals surface area contributed by atoms with Gasteiger partial charge in [-0.25, -0.2) is 0 Å². The maximum absolute atomic E-state index is 12.8. The van der Waals surface area contributed by atoms with Crippen LogP contribution in [0.4, 0.5) is 13.2 Å². The Bertz CT molecular complexity index is 891. The number of aryl methyl sites for hydroxylation is 2. The number of pyridine rings is 1. The highest BCUT2D eigenvalue weighted by Gasteiger charge is 2.32. The van der Waals surface area contributed by atoms with Gasteiger partial charge in [0.2, 0.25) is 5.91 Å². The summed E-state index contributed by atoms with van der Waals surface area (Å²) in [6, 6.07) is 1.20. The maximum atomic E-state index is 12.8. The molecule has 7 nitrogen and oxygen atoms in total. The monoisotopic (exact) mass is 410 g/mol. The minimum Gasteiger partial charge on any atom is -0.361 e. The summed E-state index contributed by atoms with van der Waals surface area (Å²) in [5.41, 5.74) is 0.344. The second-order valence-corrected chi connectivity index (χ2v) is 7.04. The van der Waals surface area contributed by atoms with Gasteiger partial charge in [0.25, 0.3) is 5.91 Å².